The van der Waals surface area contributed by atoms with Gasteiger partial charge in [-0.2, -0.15) is 0 Å². The number of amides is 2. The molecule has 3 aromatic carbocycles. The fraction of sp³-hybridized carbons (Fsp3) is 0.242. The van der Waals surface area contributed by atoms with Crippen molar-refractivity contribution in [3.63, 3.8) is 0 Å². The first kappa shape index (κ1) is 25.3. The zero-order valence-electron chi connectivity index (χ0n) is 22.0. The molecule has 3 fully saturated rings. The van der Waals surface area contributed by atoms with Crippen LogP contribution in [0.4, 0.5) is 10.1 Å². The SMILES string of the molecule is O=C(COC(=O)c1cc(-c2cccc(N3C(=O)[C@@H]4[C@H]5CC[C@@H](C5)[C@@H]4C3=O)c2)nc2ccccc12)c1ccc(F)cc1. The molecular weight excluding hydrogens is 523 g/mol. The van der Waals surface area contributed by atoms with E-state index in [9.17, 15) is 23.6 Å². The first-order valence-corrected chi connectivity index (χ1v) is 13.7. The number of rotatable bonds is 6. The van der Waals surface area contributed by atoms with E-state index in [-0.39, 0.29) is 34.8 Å². The van der Waals surface area contributed by atoms with Crippen molar-refractivity contribution < 1.29 is 28.3 Å². The third-order valence-corrected chi connectivity index (χ3v) is 8.76. The van der Waals surface area contributed by atoms with E-state index in [1.165, 1.54) is 29.2 Å². The fourth-order valence-electron chi connectivity index (χ4n) is 6.89. The lowest BCUT2D eigenvalue weighted by molar-refractivity contribution is -0.123. The topological polar surface area (TPSA) is 93.6 Å². The van der Waals surface area contributed by atoms with Crippen LogP contribution in [-0.4, -0.2) is 35.2 Å². The molecule has 3 aliphatic rings. The Kier molecular flexibility index (Phi) is 5.99. The fourth-order valence-corrected chi connectivity index (χ4v) is 6.89. The van der Waals surface area contributed by atoms with Gasteiger partial charge in [0, 0.05) is 16.5 Å². The Bertz CT molecular complexity index is 1720. The van der Waals surface area contributed by atoms with Crippen LogP contribution in [0, 0.1) is 29.5 Å². The molecule has 4 atom stereocenters. The number of hydrogen-bond donors (Lipinski definition) is 0. The Hall–Kier alpha value is -4.72. The van der Waals surface area contributed by atoms with E-state index < -0.39 is 24.2 Å². The highest BCUT2D eigenvalue weighted by Gasteiger charge is 2.61. The lowest BCUT2D eigenvalue weighted by Gasteiger charge is -2.19. The number of hydrogen-bond acceptors (Lipinski definition) is 6. The molecule has 2 bridgehead atoms. The molecule has 0 unspecified atom stereocenters. The van der Waals surface area contributed by atoms with Crippen molar-refractivity contribution in [2.75, 3.05) is 11.5 Å². The molecule has 204 valence electrons. The predicted molar refractivity (Wildman–Crippen MR) is 148 cm³/mol. The van der Waals surface area contributed by atoms with E-state index >= 15 is 0 Å². The summed E-state index contributed by atoms with van der Waals surface area (Å²) < 4.78 is 18.6. The van der Waals surface area contributed by atoms with Crippen LogP contribution in [0.2, 0.25) is 0 Å². The van der Waals surface area contributed by atoms with Gasteiger partial charge in [0.15, 0.2) is 12.4 Å². The summed E-state index contributed by atoms with van der Waals surface area (Å²) in [6, 6.07) is 20.8. The average Bonchev–Trinajstić information content (AvgIpc) is 3.69. The van der Waals surface area contributed by atoms with Crippen molar-refractivity contribution in [3.8, 4) is 11.3 Å². The summed E-state index contributed by atoms with van der Waals surface area (Å²) >= 11 is 0. The Labute approximate surface area is 234 Å². The summed E-state index contributed by atoms with van der Waals surface area (Å²) in [7, 11) is 0. The van der Waals surface area contributed by atoms with Crippen LogP contribution in [0.5, 0.6) is 0 Å². The van der Waals surface area contributed by atoms with Crippen LogP contribution in [-0.2, 0) is 14.3 Å². The molecule has 1 aliphatic heterocycles. The molecule has 7 rings (SSSR count). The maximum atomic E-state index is 13.4. The van der Waals surface area contributed by atoms with Crippen molar-refractivity contribution in [3.05, 3.63) is 95.8 Å². The molecule has 2 aliphatic carbocycles. The number of carbonyl (C=O) groups is 4. The zero-order chi connectivity index (χ0) is 28.2. The Morgan fingerprint density at radius 2 is 1.59 bits per heavy atom. The average molecular weight is 549 g/mol. The third kappa shape index (κ3) is 4.22. The Morgan fingerprint density at radius 1 is 0.878 bits per heavy atom. The van der Waals surface area contributed by atoms with E-state index in [0.29, 0.717) is 39.7 Å². The van der Waals surface area contributed by atoms with Crippen LogP contribution in [0.15, 0.2) is 78.9 Å². The molecule has 2 heterocycles. The van der Waals surface area contributed by atoms with E-state index in [4.69, 9.17) is 9.72 Å². The Morgan fingerprint density at radius 3 is 2.32 bits per heavy atom. The molecule has 4 aromatic rings. The van der Waals surface area contributed by atoms with Gasteiger partial charge < -0.3 is 4.74 Å². The maximum absolute atomic E-state index is 13.4. The number of halogens is 1. The number of esters is 1. The highest BCUT2D eigenvalue weighted by atomic mass is 19.1. The van der Waals surface area contributed by atoms with Gasteiger partial charge in [-0.3, -0.25) is 19.3 Å². The number of benzene rings is 3. The van der Waals surface area contributed by atoms with Crippen LogP contribution in [0.3, 0.4) is 0 Å². The normalized spacial score (nSPS) is 22.8. The molecule has 8 heteroatoms. The van der Waals surface area contributed by atoms with E-state index in [1.54, 1.807) is 48.5 Å². The highest BCUT2D eigenvalue weighted by Crippen LogP contribution is 2.56. The lowest BCUT2D eigenvalue weighted by atomic mass is 9.81. The summed E-state index contributed by atoms with van der Waals surface area (Å²) in [5.41, 5.74) is 2.59. The summed E-state index contributed by atoms with van der Waals surface area (Å²) in [5, 5.41) is 0.555. The number of imide groups is 1. The summed E-state index contributed by atoms with van der Waals surface area (Å²) in [6.45, 7) is -0.505. The number of aromatic nitrogens is 1. The largest absolute Gasteiger partial charge is 0.454 e. The Balaban J connectivity index is 1.19. The second kappa shape index (κ2) is 9.73. The number of nitrogens with zero attached hydrogens (tertiary/aromatic N) is 2. The molecule has 1 aromatic heterocycles. The minimum atomic E-state index is -0.704. The molecule has 0 N–H and O–H groups in total. The molecular formula is C33H25FN2O5. The van der Waals surface area contributed by atoms with Gasteiger partial charge in [0.25, 0.3) is 0 Å². The van der Waals surface area contributed by atoms with Gasteiger partial charge in [-0.15, -0.1) is 0 Å². The molecule has 41 heavy (non-hydrogen) atoms. The standard InChI is InChI=1S/C33H25FN2O5/c34-22-12-10-18(11-13-22)28(37)17-41-33(40)25-16-27(35-26-7-2-1-6-24(25)26)19-4-3-5-23(15-19)36-31(38)29-20-8-9-21(14-20)30(29)32(36)39/h1-7,10-13,15-16,20-21,29-30H,8-9,14,17H2/t20-,21-,29-,30+/m0/s1. The second-order valence-electron chi connectivity index (χ2n) is 11.0. The number of anilines is 1. The van der Waals surface area contributed by atoms with Gasteiger partial charge in [0.05, 0.1) is 34.3 Å². The number of carbonyl (C=O) groups excluding carboxylic acids is 4. The van der Waals surface area contributed by atoms with Crippen LogP contribution >= 0.6 is 0 Å². The van der Waals surface area contributed by atoms with Gasteiger partial charge in [0.1, 0.15) is 5.82 Å². The van der Waals surface area contributed by atoms with E-state index in [0.717, 1.165) is 19.3 Å². The van der Waals surface area contributed by atoms with Crippen molar-refractivity contribution in [2.45, 2.75) is 19.3 Å². The van der Waals surface area contributed by atoms with Crippen molar-refractivity contribution in [1.29, 1.82) is 0 Å². The van der Waals surface area contributed by atoms with Gasteiger partial charge in [0.2, 0.25) is 11.8 Å². The van der Waals surface area contributed by atoms with E-state index in [1.807, 2.05) is 6.07 Å². The molecule has 7 nitrogen and oxygen atoms in total. The molecule has 2 saturated carbocycles. The predicted octanol–water partition coefficient (Wildman–Crippen LogP) is 5.62. The van der Waals surface area contributed by atoms with Gasteiger partial charge >= 0.3 is 5.97 Å². The summed E-state index contributed by atoms with van der Waals surface area (Å²) in [5.74, 6) is -1.72. The number of ketones is 1. The number of Topliss-reactive ketones (excluding diaryl/α,β-unsaturated/α-hetero) is 1. The summed E-state index contributed by atoms with van der Waals surface area (Å²) in [6.07, 6.45) is 2.98. The number of fused-ring (bicyclic) bond motifs is 6. The first-order valence-electron chi connectivity index (χ1n) is 13.7. The lowest BCUT2D eigenvalue weighted by Crippen LogP contribution is -2.32. The number of para-hydroxylation sites is 1. The van der Waals surface area contributed by atoms with Crippen molar-refractivity contribution in [2.24, 2.45) is 23.7 Å². The van der Waals surface area contributed by atoms with E-state index in [2.05, 4.69) is 0 Å². The third-order valence-electron chi connectivity index (χ3n) is 8.76. The smallest absolute Gasteiger partial charge is 0.339 e. The molecule has 0 spiro atoms. The van der Waals surface area contributed by atoms with Crippen molar-refractivity contribution in [1.82, 2.24) is 4.98 Å². The number of pyridine rings is 1. The second-order valence-corrected chi connectivity index (χ2v) is 11.0. The first-order chi connectivity index (χ1) is 19.9. The van der Waals surface area contributed by atoms with Gasteiger partial charge in [-0.1, -0.05) is 30.3 Å². The van der Waals surface area contributed by atoms with Crippen molar-refractivity contribution >= 4 is 40.2 Å². The van der Waals surface area contributed by atoms with Crippen LogP contribution in [0.25, 0.3) is 22.2 Å². The highest BCUT2D eigenvalue weighted by molar-refractivity contribution is 6.22. The molecule has 2 amide bonds. The maximum Gasteiger partial charge on any atom is 0.339 e. The zero-order valence-corrected chi connectivity index (χ0v) is 22.0. The van der Waals surface area contributed by atoms with Gasteiger partial charge in [-0.05, 0) is 79.6 Å². The van der Waals surface area contributed by atoms with Crippen LogP contribution in [0.1, 0.15) is 40.0 Å². The van der Waals surface area contributed by atoms with Gasteiger partial charge in [-0.25, -0.2) is 14.2 Å². The quantitative estimate of drug-likeness (QED) is 0.177. The molecule has 1 saturated heterocycles. The minimum Gasteiger partial charge on any atom is -0.454 e. The minimum absolute atomic E-state index is 0.120. The monoisotopic (exact) mass is 548 g/mol. The van der Waals surface area contributed by atoms with Crippen LogP contribution < -0.4 is 4.90 Å². The number of ether oxygens (including phenoxy) is 1. The summed E-state index contributed by atoms with van der Waals surface area (Å²) in [4.78, 5) is 58.6. The molecule has 0 radical (unpaired) electrons.